The fourth-order valence-corrected chi connectivity index (χ4v) is 2.39. The Kier molecular flexibility index (Phi) is 3.38. The fraction of sp³-hybridized carbons (Fsp3) is 0.0625. The summed E-state index contributed by atoms with van der Waals surface area (Å²) in [5.41, 5.74) is 3.30. The molecule has 0 aliphatic carbocycles. The second-order valence-corrected chi connectivity index (χ2v) is 4.84. The normalized spacial score (nSPS) is 10.6. The summed E-state index contributed by atoms with van der Waals surface area (Å²) in [6.45, 7) is 0.778. The van der Waals surface area contributed by atoms with E-state index in [1.807, 2.05) is 42.6 Å². The first-order chi connectivity index (χ1) is 9.34. The molecule has 2 nitrogen and oxygen atoms in total. The number of nitrogens with one attached hydrogen (secondary N) is 1. The van der Waals surface area contributed by atoms with Crippen molar-refractivity contribution in [1.29, 1.82) is 0 Å². The van der Waals surface area contributed by atoms with E-state index in [9.17, 15) is 0 Å². The lowest BCUT2D eigenvalue weighted by molar-refractivity contribution is 1.15. The van der Waals surface area contributed by atoms with Crippen LogP contribution in [0.1, 0.15) is 5.56 Å². The summed E-state index contributed by atoms with van der Waals surface area (Å²) in [5, 5.41) is 4.57. The average Bonchev–Trinajstić information content (AvgIpc) is 2.47. The lowest BCUT2D eigenvalue weighted by atomic mass is 10.1. The maximum Gasteiger partial charge on any atom is 0.0838 e. The zero-order chi connectivity index (χ0) is 13.1. The Balaban J connectivity index is 1.91. The van der Waals surface area contributed by atoms with Gasteiger partial charge >= 0.3 is 0 Å². The molecule has 3 aromatic rings. The molecule has 2 aromatic carbocycles. The summed E-state index contributed by atoms with van der Waals surface area (Å²) in [6, 6.07) is 18.3. The van der Waals surface area contributed by atoms with Crippen molar-refractivity contribution >= 4 is 29.2 Å². The van der Waals surface area contributed by atoms with Gasteiger partial charge in [-0.15, -0.1) is 12.6 Å². The van der Waals surface area contributed by atoms with Crippen LogP contribution in [0.15, 0.2) is 65.7 Å². The van der Waals surface area contributed by atoms with Gasteiger partial charge < -0.3 is 5.32 Å². The van der Waals surface area contributed by atoms with Gasteiger partial charge in [0.2, 0.25) is 0 Å². The monoisotopic (exact) mass is 266 g/mol. The van der Waals surface area contributed by atoms with Crippen molar-refractivity contribution in [3.8, 4) is 0 Å². The molecule has 0 unspecified atom stereocenters. The number of hydrogen-bond donors (Lipinski definition) is 2. The zero-order valence-electron chi connectivity index (χ0n) is 10.4. The van der Waals surface area contributed by atoms with Crippen LogP contribution in [-0.2, 0) is 6.54 Å². The number of pyridine rings is 1. The first kappa shape index (κ1) is 12.1. The van der Waals surface area contributed by atoms with Crippen molar-refractivity contribution in [2.45, 2.75) is 11.4 Å². The van der Waals surface area contributed by atoms with Crippen molar-refractivity contribution < 1.29 is 0 Å². The number of hydrogen-bond acceptors (Lipinski definition) is 3. The minimum atomic E-state index is 0.778. The third-order valence-corrected chi connectivity index (χ3v) is 3.46. The van der Waals surface area contributed by atoms with Gasteiger partial charge in [-0.2, -0.15) is 0 Å². The van der Waals surface area contributed by atoms with E-state index in [4.69, 9.17) is 0 Å². The van der Waals surface area contributed by atoms with Crippen molar-refractivity contribution in [1.82, 2.24) is 4.98 Å². The van der Waals surface area contributed by atoms with Crippen LogP contribution < -0.4 is 5.32 Å². The quantitative estimate of drug-likeness (QED) is 0.697. The van der Waals surface area contributed by atoms with E-state index >= 15 is 0 Å². The van der Waals surface area contributed by atoms with E-state index < -0.39 is 0 Å². The minimum Gasteiger partial charge on any atom is -0.381 e. The Labute approximate surface area is 117 Å². The van der Waals surface area contributed by atoms with Gasteiger partial charge in [-0.25, -0.2) is 0 Å². The molecule has 0 aliphatic rings. The standard InChI is InChI=1S/C16H14N2S/c19-15-8-4-7-14-12(9-10-17-16(14)15)11-18-13-5-2-1-3-6-13/h1-10,18-19H,11H2. The van der Waals surface area contributed by atoms with E-state index in [0.29, 0.717) is 0 Å². The van der Waals surface area contributed by atoms with E-state index in [0.717, 1.165) is 28.0 Å². The minimum absolute atomic E-state index is 0.778. The van der Waals surface area contributed by atoms with Crippen LogP contribution in [0.2, 0.25) is 0 Å². The Hall–Kier alpha value is -2.00. The summed E-state index contributed by atoms with van der Waals surface area (Å²) in [5.74, 6) is 0. The fourth-order valence-electron chi connectivity index (χ4n) is 2.13. The number of rotatable bonds is 3. The van der Waals surface area contributed by atoms with Crippen LogP contribution in [0, 0.1) is 0 Å². The molecule has 0 fully saturated rings. The number of para-hydroxylation sites is 2. The van der Waals surface area contributed by atoms with Gasteiger partial charge in [-0.1, -0.05) is 30.3 Å². The number of fused-ring (bicyclic) bond motifs is 1. The van der Waals surface area contributed by atoms with E-state index in [1.165, 1.54) is 5.56 Å². The molecule has 0 saturated heterocycles. The number of anilines is 1. The van der Waals surface area contributed by atoms with Gasteiger partial charge in [0.15, 0.2) is 0 Å². The molecule has 1 heterocycles. The van der Waals surface area contributed by atoms with Crippen LogP contribution in [0.3, 0.4) is 0 Å². The van der Waals surface area contributed by atoms with Gasteiger partial charge in [0, 0.05) is 28.7 Å². The Morgan fingerprint density at radius 2 is 1.79 bits per heavy atom. The highest BCUT2D eigenvalue weighted by Crippen LogP contribution is 2.23. The van der Waals surface area contributed by atoms with Gasteiger partial charge in [0.05, 0.1) is 5.52 Å². The summed E-state index contributed by atoms with van der Waals surface area (Å²) in [6.07, 6.45) is 1.84. The summed E-state index contributed by atoms with van der Waals surface area (Å²) in [4.78, 5) is 5.31. The number of thiol groups is 1. The molecule has 1 aromatic heterocycles. The molecule has 94 valence electrons. The van der Waals surface area contributed by atoms with Gasteiger partial charge in [-0.3, -0.25) is 4.98 Å². The van der Waals surface area contributed by atoms with Crippen molar-refractivity contribution in [2.24, 2.45) is 0 Å². The van der Waals surface area contributed by atoms with Crippen LogP contribution in [0.25, 0.3) is 10.9 Å². The van der Waals surface area contributed by atoms with Crippen molar-refractivity contribution in [2.75, 3.05) is 5.32 Å². The molecule has 3 heteroatoms. The molecule has 0 amide bonds. The molecule has 1 N–H and O–H groups in total. The summed E-state index contributed by atoms with van der Waals surface area (Å²) in [7, 11) is 0. The summed E-state index contributed by atoms with van der Waals surface area (Å²) < 4.78 is 0. The second kappa shape index (κ2) is 5.33. The zero-order valence-corrected chi connectivity index (χ0v) is 11.3. The first-order valence-electron chi connectivity index (χ1n) is 6.19. The van der Waals surface area contributed by atoms with Gasteiger partial charge in [0.1, 0.15) is 0 Å². The molecular formula is C16H14N2S. The predicted octanol–water partition coefficient (Wildman–Crippen LogP) is 4.14. The lowest BCUT2D eigenvalue weighted by Crippen LogP contribution is -2.00. The molecule has 0 aliphatic heterocycles. The Morgan fingerprint density at radius 1 is 0.947 bits per heavy atom. The number of benzene rings is 2. The molecule has 0 spiro atoms. The first-order valence-corrected chi connectivity index (χ1v) is 6.64. The van der Waals surface area contributed by atoms with Crippen molar-refractivity contribution in [3.05, 3.63) is 66.4 Å². The Bertz CT molecular complexity index is 695. The van der Waals surface area contributed by atoms with Gasteiger partial charge in [0.25, 0.3) is 0 Å². The third kappa shape index (κ3) is 2.56. The molecular weight excluding hydrogens is 252 g/mol. The average molecular weight is 266 g/mol. The maximum absolute atomic E-state index is 4.45. The maximum atomic E-state index is 4.45. The van der Waals surface area contributed by atoms with Crippen LogP contribution in [0.5, 0.6) is 0 Å². The number of nitrogens with zero attached hydrogens (tertiary/aromatic N) is 1. The smallest absolute Gasteiger partial charge is 0.0838 e. The lowest BCUT2D eigenvalue weighted by Gasteiger charge is -2.09. The largest absolute Gasteiger partial charge is 0.381 e. The van der Waals surface area contributed by atoms with E-state index in [2.05, 4.69) is 41.1 Å². The highest BCUT2D eigenvalue weighted by atomic mass is 32.1. The number of aromatic nitrogens is 1. The molecule has 19 heavy (non-hydrogen) atoms. The Morgan fingerprint density at radius 3 is 2.63 bits per heavy atom. The highest BCUT2D eigenvalue weighted by molar-refractivity contribution is 7.80. The second-order valence-electron chi connectivity index (χ2n) is 4.36. The molecule has 0 radical (unpaired) electrons. The predicted molar refractivity (Wildman–Crippen MR) is 82.8 cm³/mol. The summed E-state index contributed by atoms with van der Waals surface area (Å²) >= 11 is 4.45. The van der Waals surface area contributed by atoms with Crippen molar-refractivity contribution in [3.63, 3.8) is 0 Å². The van der Waals surface area contributed by atoms with Crippen LogP contribution in [0.4, 0.5) is 5.69 Å². The van der Waals surface area contributed by atoms with Gasteiger partial charge in [-0.05, 0) is 29.8 Å². The van der Waals surface area contributed by atoms with E-state index in [-0.39, 0.29) is 0 Å². The van der Waals surface area contributed by atoms with E-state index in [1.54, 1.807) is 0 Å². The third-order valence-electron chi connectivity index (χ3n) is 3.10. The molecule has 0 bridgehead atoms. The SMILES string of the molecule is Sc1cccc2c(CNc3ccccc3)ccnc12. The highest BCUT2D eigenvalue weighted by Gasteiger charge is 2.03. The molecule has 0 atom stereocenters. The van der Waals surface area contributed by atoms with Crippen LogP contribution in [-0.4, -0.2) is 4.98 Å². The van der Waals surface area contributed by atoms with Crippen LogP contribution >= 0.6 is 12.6 Å². The molecule has 3 rings (SSSR count). The molecule has 0 saturated carbocycles. The topological polar surface area (TPSA) is 24.9 Å².